The highest BCUT2D eigenvalue weighted by Crippen LogP contribution is 2.24. The van der Waals surface area contributed by atoms with Crippen molar-refractivity contribution in [3.05, 3.63) is 0 Å². The van der Waals surface area contributed by atoms with E-state index in [1.807, 2.05) is 0 Å². The van der Waals surface area contributed by atoms with Crippen molar-refractivity contribution in [2.45, 2.75) is 38.6 Å². The third-order valence-electron chi connectivity index (χ3n) is 2.39. The van der Waals surface area contributed by atoms with E-state index in [4.69, 9.17) is 5.73 Å². The lowest BCUT2D eigenvalue weighted by Gasteiger charge is -2.11. The Morgan fingerprint density at radius 2 is 2.31 bits per heavy atom. The fourth-order valence-corrected chi connectivity index (χ4v) is 1.91. The number of amides is 1. The average Bonchev–Trinajstić information content (AvgIpc) is 2.33. The molecule has 0 aliphatic heterocycles. The Morgan fingerprint density at radius 3 is 2.77 bits per heavy atom. The van der Waals surface area contributed by atoms with Crippen molar-refractivity contribution in [2.75, 3.05) is 0 Å². The van der Waals surface area contributed by atoms with Crippen LogP contribution in [0, 0.1) is 5.92 Å². The summed E-state index contributed by atoms with van der Waals surface area (Å²) in [4.78, 5) is 11.5. The number of carbonyl (C=O) groups excluding carboxylic acids is 1. The van der Waals surface area contributed by atoms with Crippen molar-refractivity contribution in [1.29, 1.82) is 0 Å². The van der Waals surface area contributed by atoms with Crippen LogP contribution in [0.1, 0.15) is 32.6 Å². The van der Waals surface area contributed by atoms with Gasteiger partial charge in [0.25, 0.3) is 0 Å². The van der Waals surface area contributed by atoms with Crippen molar-refractivity contribution < 1.29 is 4.79 Å². The summed E-state index contributed by atoms with van der Waals surface area (Å²) in [5.74, 6) is 0.696. The van der Waals surface area contributed by atoms with Crippen LogP contribution in [0.3, 0.4) is 0 Å². The Morgan fingerprint density at radius 1 is 1.62 bits per heavy atom. The molecule has 3 N–H and O–H groups in total. The molecular formula is C9H16N2OS. The average molecular weight is 200 g/mol. The molecule has 4 heteroatoms. The quantitative estimate of drug-likeness (QED) is 0.667. The molecule has 2 unspecified atom stereocenters. The van der Waals surface area contributed by atoms with Crippen LogP contribution in [0.25, 0.3) is 0 Å². The lowest BCUT2D eigenvalue weighted by Crippen LogP contribution is -2.35. The molecule has 1 aliphatic carbocycles. The van der Waals surface area contributed by atoms with Gasteiger partial charge in [-0.2, -0.15) is 0 Å². The maximum atomic E-state index is 11.2. The normalized spacial score (nSPS) is 27.2. The molecule has 1 aliphatic rings. The Kier molecular flexibility index (Phi) is 3.66. The maximum Gasteiger partial charge on any atom is 0.227 e. The molecule has 1 fully saturated rings. The largest absolute Gasteiger partial charge is 0.393 e. The highest BCUT2D eigenvalue weighted by Gasteiger charge is 2.22. The van der Waals surface area contributed by atoms with E-state index >= 15 is 0 Å². The zero-order valence-electron chi connectivity index (χ0n) is 7.88. The van der Waals surface area contributed by atoms with Crippen molar-refractivity contribution in [3.63, 3.8) is 0 Å². The third-order valence-corrected chi connectivity index (χ3v) is 2.54. The SMILES string of the molecule is CC1CCC(NC(=O)CC(N)=S)C1. The van der Waals surface area contributed by atoms with Gasteiger partial charge >= 0.3 is 0 Å². The van der Waals surface area contributed by atoms with E-state index in [1.54, 1.807) is 0 Å². The standard InChI is InChI=1S/C9H16N2OS/c1-6-2-3-7(4-6)11-9(12)5-8(10)13/h6-7H,2-5H2,1H3,(H2,10,13)(H,11,12). The molecule has 0 aromatic rings. The summed E-state index contributed by atoms with van der Waals surface area (Å²) in [6.07, 6.45) is 3.56. The molecule has 1 saturated carbocycles. The Hall–Kier alpha value is -0.640. The number of rotatable bonds is 3. The summed E-state index contributed by atoms with van der Waals surface area (Å²) in [5.41, 5.74) is 5.27. The molecule has 0 heterocycles. The third kappa shape index (κ3) is 3.72. The van der Waals surface area contributed by atoms with Gasteiger partial charge in [0.1, 0.15) is 0 Å². The first kappa shape index (κ1) is 10.4. The Bertz CT molecular complexity index is 218. The van der Waals surface area contributed by atoms with Gasteiger partial charge in [-0.3, -0.25) is 4.79 Å². The summed E-state index contributed by atoms with van der Waals surface area (Å²) in [7, 11) is 0. The number of nitrogens with two attached hydrogens (primary N) is 1. The van der Waals surface area contributed by atoms with Crippen LogP contribution in [-0.2, 0) is 4.79 Å². The fourth-order valence-electron chi connectivity index (χ4n) is 1.78. The summed E-state index contributed by atoms with van der Waals surface area (Å²) in [6.45, 7) is 2.21. The van der Waals surface area contributed by atoms with Crippen LogP contribution in [0.5, 0.6) is 0 Å². The first-order chi connectivity index (χ1) is 6.08. The van der Waals surface area contributed by atoms with Crippen LogP contribution in [0.4, 0.5) is 0 Å². The van der Waals surface area contributed by atoms with E-state index in [-0.39, 0.29) is 17.3 Å². The molecule has 0 saturated heterocycles. The molecule has 13 heavy (non-hydrogen) atoms. The van der Waals surface area contributed by atoms with E-state index in [9.17, 15) is 4.79 Å². The van der Waals surface area contributed by atoms with Gasteiger partial charge in [-0.25, -0.2) is 0 Å². The predicted molar refractivity (Wildman–Crippen MR) is 56.3 cm³/mol. The van der Waals surface area contributed by atoms with Gasteiger partial charge < -0.3 is 11.1 Å². The van der Waals surface area contributed by atoms with Crippen molar-refractivity contribution >= 4 is 23.1 Å². The molecular weight excluding hydrogens is 184 g/mol. The van der Waals surface area contributed by atoms with Gasteiger partial charge in [0, 0.05) is 6.04 Å². The van der Waals surface area contributed by atoms with Gasteiger partial charge in [0.05, 0.1) is 11.4 Å². The van der Waals surface area contributed by atoms with Crippen LogP contribution in [0.2, 0.25) is 0 Å². The summed E-state index contributed by atoms with van der Waals surface area (Å²) in [5, 5.41) is 2.93. The van der Waals surface area contributed by atoms with Gasteiger partial charge in [0.15, 0.2) is 0 Å². The number of nitrogens with one attached hydrogen (secondary N) is 1. The molecule has 0 aromatic carbocycles. The van der Waals surface area contributed by atoms with E-state index < -0.39 is 0 Å². The van der Waals surface area contributed by atoms with Crippen molar-refractivity contribution in [2.24, 2.45) is 11.7 Å². The van der Waals surface area contributed by atoms with Crippen LogP contribution >= 0.6 is 12.2 Å². The molecule has 0 bridgehead atoms. The van der Waals surface area contributed by atoms with E-state index in [2.05, 4.69) is 24.5 Å². The number of hydrogen-bond acceptors (Lipinski definition) is 2. The minimum Gasteiger partial charge on any atom is -0.393 e. The predicted octanol–water partition coefficient (Wildman–Crippen LogP) is 0.967. The van der Waals surface area contributed by atoms with E-state index in [0.29, 0.717) is 6.04 Å². The summed E-state index contributed by atoms with van der Waals surface area (Å²) in [6, 6.07) is 0.344. The van der Waals surface area contributed by atoms with Gasteiger partial charge in [-0.1, -0.05) is 19.1 Å². The summed E-state index contributed by atoms with van der Waals surface area (Å²) >= 11 is 4.65. The van der Waals surface area contributed by atoms with Crippen LogP contribution in [0.15, 0.2) is 0 Å². The highest BCUT2D eigenvalue weighted by atomic mass is 32.1. The van der Waals surface area contributed by atoms with Gasteiger partial charge in [-0.15, -0.1) is 0 Å². The fraction of sp³-hybridized carbons (Fsp3) is 0.778. The molecule has 0 radical (unpaired) electrons. The maximum absolute atomic E-state index is 11.2. The molecule has 2 atom stereocenters. The highest BCUT2D eigenvalue weighted by molar-refractivity contribution is 7.80. The second-order valence-corrected chi connectivity index (χ2v) is 4.35. The number of carbonyl (C=O) groups is 1. The zero-order chi connectivity index (χ0) is 9.84. The van der Waals surface area contributed by atoms with Gasteiger partial charge in [0.2, 0.25) is 5.91 Å². The molecule has 0 aromatic heterocycles. The van der Waals surface area contributed by atoms with Crippen LogP contribution in [-0.4, -0.2) is 16.9 Å². The lowest BCUT2D eigenvalue weighted by molar-refractivity contribution is -0.120. The number of hydrogen-bond donors (Lipinski definition) is 2. The minimum atomic E-state index is -0.0356. The minimum absolute atomic E-state index is 0.0356. The first-order valence-corrected chi connectivity index (χ1v) is 5.06. The van der Waals surface area contributed by atoms with Crippen LogP contribution < -0.4 is 11.1 Å². The van der Waals surface area contributed by atoms with E-state index in [1.165, 1.54) is 6.42 Å². The second kappa shape index (κ2) is 4.56. The second-order valence-electron chi connectivity index (χ2n) is 3.83. The smallest absolute Gasteiger partial charge is 0.227 e. The lowest BCUT2D eigenvalue weighted by atomic mass is 10.1. The van der Waals surface area contributed by atoms with Crippen molar-refractivity contribution in [3.8, 4) is 0 Å². The molecule has 0 spiro atoms. The van der Waals surface area contributed by atoms with E-state index in [0.717, 1.165) is 18.8 Å². The Balaban J connectivity index is 2.24. The molecule has 1 rings (SSSR count). The Labute approximate surface area is 84.1 Å². The number of thiocarbonyl (C=S) groups is 1. The topological polar surface area (TPSA) is 55.1 Å². The molecule has 74 valence electrons. The monoisotopic (exact) mass is 200 g/mol. The van der Waals surface area contributed by atoms with Gasteiger partial charge in [-0.05, 0) is 25.2 Å². The summed E-state index contributed by atoms with van der Waals surface area (Å²) < 4.78 is 0. The molecule has 3 nitrogen and oxygen atoms in total. The zero-order valence-corrected chi connectivity index (χ0v) is 8.69. The van der Waals surface area contributed by atoms with Crippen molar-refractivity contribution in [1.82, 2.24) is 5.32 Å². The molecule has 1 amide bonds. The first-order valence-electron chi connectivity index (χ1n) is 4.65.